The van der Waals surface area contributed by atoms with Crippen LogP contribution in [-0.4, -0.2) is 85.4 Å². The van der Waals surface area contributed by atoms with Crippen molar-refractivity contribution in [3.8, 4) is 0 Å². The Kier molecular flexibility index (Phi) is 7.68. The molecule has 1 aromatic rings. The van der Waals surface area contributed by atoms with Crippen LogP contribution >= 0.6 is 12.2 Å². The third kappa shape index (κ3) is 6.20. The van der Waals surface area contributed by atoms with Crippen LogP contribution in [0.5, 0.6) is 0 Å². The van der Waals surface area contributed by atoms with E-state index in [1.165, 1.54) is 11.1 Å². The second-order valence-electron chi connectivity index (χ2n) is 7.29. The molecule has 1 N–H and O–H groups in total. The van der Waals surface area contributed by atoms with Crippen molar-refractivity contribution >= 4 is 17.3 Å². The van der Waals surface area contributed by atoms with Gasteiger partial charge < -0.3 is 15.0 Å². The molecule has 0 amide bonds. The molecule has 2 heterocycles. The summed E-state index contributed by atoms with van der Waals surface area (Å²) in [5.74, 6) is 0. The number of hydrogen-bond acceptors (Lipinski definition) is 4. The maximum Gasteiger partial charge on any atom is 0.169 e. The van der Waals surface area contributed by atoms with Crippen molar-refractivity contribution < 1.29 is 4.74 Å². The maximum atomic E-state index is 5.59. The fraction of sp³-hybridized carbons (Fsp3) is 0.650. The molecule has 1 aromatic carbocycles. The van der Waals surface area contributed by atoms with Crippen LogP contribution in [0, 0.1) is 6.92 Å². The number of thiocarbonyl (C=S) groups is 1. The van der Waals surface area contributed by atoms with Crippen LogP contribution in [0.1, 0.15) is 17.5 Å². The lowest BCUT2D eigenvalue weighted by Crippen LogP contribution is -2.51. The van der Waals surface area contributed by atoms with Crippen LogP contribution in [0.3, 0.4) is 0 Å². The van der Waals surface area contributed by atoms with Gasteiger partial charge in [-0.05, 0) is 37.7 Å². The number of nitrogens with zero attached hydrogens (tertiary/aromatic N) is 3. The summed E-state index contributed by atoms with van der Waals surface area (Å²) in [6, 6.07) is 8.81. The van der Waals surface area contributed by atoms with E-state index in [0.717, 1.165) is 83.6 Å². The van der Waals surface area contributed by atoms with Gasteiger partial charge in [-0.3, -0.25) is 9.80 Å². The highest BCUT2D eigenvalue weighted by molar-refractivity contribution is 7.80. The quantitative estimate of drug-likeness (QED) is 0.601. The summed E-state index contributed by atoms with van der Waals surface area (Å²) in [6.45, 7) is 13.3. The molecule has 0 spiro atoms. The van der Waals surface area contributed by atoms with Crippen molar-refractivity contribution in [1.82, 2.24) is 20.0 Å². The van der Waals surface area contributed by atoms with Crippen LogP contribution in [0.25, 0.3) is 0 Å². The molecule has 2 fully saturated rings. The molecule has 0 bridgehead atoms. The Hall–Kier alpha value is -1.21. The van der Waals surface area contributed by atoms with E-state index in [1.54, 1.807) is 0 Å². The van der Waals surface area contributed by atoms with E-state index in [1.807, 2.05) is 0 Å². The van der Waals surface area contributed by atoms with Gasteiger partial charge in [-0.1, -0.05) is 29.8 Å². The van der Waals surface area contributed by atoms with Crippen molar-refractivity contribution in [2.75, 3.05) is 65.6 Å². The fourth-order valence-corrected chi connectivity index (χ4v) is 3.90. The summed E-state index contributed by atoms with van der Waals surface area (Å²) in [4.78, 5) is 7.31. The molecule has 3 rings (SSSR count). The minimum absolute atomic E-state index is 0.874. The average molecular weight is 377 g/mol. The van der Waals surface area contributed by atoms with Gasteiger partial charge in [-0.15, -0.1) is 0 Å². The van der Waals surface area contributed by atoms with Crippen LogP contribution in [-0.2, 0) is 11.3 Å². The third-order valence-corrected chi connectivity index (χ3v) is 5.58. The number of aryl methyl sites for hydroxylation is 1. The van der Waals surface area contributed by atoms with Gasteiger partial charge in [0, 0.05) is 52.4 Å². The van der Waals surface area contributed by atoms with Crippen molar-refractivity contribution in [2.45, 2.75) is 19.9 Å². The van der Waals surface area contributed by atoms with Gasteiger partial charge in [0.2, 0.25) is 0 Å². The smallest absolute Gasteiger partial charge is 0.169 e. The van der Waals surface area contributed by atoms with Gasteiger partial charge >= 0.3 is 0 Å². The summed E-state index contributed by atoms with van der Waals surface area (Å²) in [5.41, 5.74) is 2.74. The number of piperazine rings is 1. The molecule has 0 radical (unpaired) electrons. The van der Waals surface area contributed by atoms with E-state index >= 15 is 0 Å². The van der Waals surface area contributed by atoms with Crippen LogP contribution in [0.15, 0.2) is 24.3 Å². The number of hydrogen-bond donors (Lipinski definition) is 1. The van der Waals surface area contributed by atoms with E-state index in [-0.39, 0.29) is 0 Å². The first kappa shape index (κ1) is 19.5. The number of rotatable bonds is 6. The largest absolute Gasteiger partial charge is 0.379 e. The Morgan fingerprint density at radius 2 is 1.85 bits per heavy atom. The van der Waals surface area contributed by atoms with Gasteiger partial charge in [-0.2, -0.15) is 0 Å². The zero-order chi connectivity index (χ0) is 18.2. The van der Waals surface area contributed by atoms with Crippen molar-refractivity contribution in [3.05, 3.63) is 35.4 Å². The topological polar surface area (TPSA) is 31.0 Å². The number of ether oxygens (including phenoxy) is 1. The summed E-state index contributed by atoms with van der Waals surface area (Å²) in [6.07, 6.45) is 1.13. The van der Waals surface area contributed by atoms with Crippen molar-refractivity contribution in [2.24, 2.45) is 0 Å². The van der Waals surface area contributed by atoms with Gasteiger partial charge in [0.1, 0.15) is 0 Å². The van der Waals surface area contributed by atoms with Crippen LogP contribution in [0.4, 0.5) is 0 Å². The van der Waals surface area contributed by atoms with E-state index in [9.17, 15) is 0 Å². The molecule has 0 unspecified atom stereocenters. The molecule has 5 nitrogen and oxygen atoms in total. The zero-order valence-corrected chi connectivity index (χ0v) is 16.8. The molecule has 2 aliphatic heterocycles. The highest BCUT2D eigenvalue weighted by Crippen LogP contribution is 2.10. The zero-order valence-electron chi connectivity index (χ0n) is 16.0. The van der Waals surface area contributed by atoms with Crippen molar-refractivity contribution in [3.63, 3.8) is 0 Å². The van der Waals surface area contributed by atoms with Gasteiger partial charge in [0.05, 0.1) is 13.2 Å². The Morgan fingerprint density at radius 1 is 1.08 bits per heavy atom. The van der Waals surface area contributed by atoms with Crippen LogP contribution < -0.4 is 5.32 Å². The van der Waals surface area contributed by atoms with Gasteiger partial charge in [0.15, 0.2) is 5.11 Å². The predicted octanol–water partition coefficient (Wildman–Crippen LogP) is 1.71. The molecule has 26 heavy (non-hydrogen) atoms. The summed E-state index contributed by atoms with van der Waals surface area (Å²) >= 11 is 5.59. The molecule has 0 aliphatic carbocycles. The lowest BCUT2D eigenvalue weighted by molar-refractivity contribution is 0.0375. The molecule has 2 aliphatic rings. The van der Waals surface area contributed by atoms with E-state index in [0.29, 0.717) is 0 Å². The number of morpholine rings is 1. The maximum absolute atomic E-state index is 5.59. The van der Waals surface area contributed by atoms with E-state index in [2.05, 4.69) is 51.2 Å². The molecular formula is C20H32N4OS. The second kappa shape index (κ2) is 10.2. The normalized spacial score (nSPS) is 19.5. The summed E-state index contributed by atoms with van der Waals surface area (Å²) in [7, 11) is 0. The summed E-state index contributed by atoms with van der Waals surface area (Å²) in [5, 5.41) is 4.36. The molecule has 0 aromatic heterocycles. The summed E-state index contributed by atoms with van der Waals surface area (Å²) < 4.78 is 5.39. The lowest BCUT2D eigenvalue weighted by atomic mass is 10.1. The first-order valence-corrected chi connectivity index (χ1v) is 10.2. The first-order valence-electron chi connectivity index (χ1n) is 9.81. The highest BCUT2D eigenvalue weighted by atomic mass is 32.1. The minimum atomic E-state index is 0.874. The molecule has 144 valence electrons. The second-order valence-corrected chi connectivity index (χ2v) is 7.68. The third-order valence-electron chi connectivity index (χ3n) is 5.18. The standard InChI is InChI=1S/C20H32N4OS/c1-18-4-2-5-19(16-18)17-23-8-10-24(11-9-23)20(26)21-6-3-7-22-12-14-25-15-13-22/h2,4-5,16H,3,6-15,17H2,1H3,(H,21,26). The monoisotopic (exact) mass is 376 g/mol. The molecule has 2 saturated heterocycles. The number of nitrogens with one attached hydrogen (secondary N) is 1. The van der Waals surface area contributed by atoms with Gasteiger partial charge in [-0.25, -0.2) is 0 Å². The molecule has 0 atom stereocenters. The first-order chi connectivity index (χ1) is 12.7. The molecule has 0 saturated carbocycles. The predicted molar refractivity (Wildman–Crippen MR) is 111 cm³/mol. The Labute approximate surface area is 163 Å². The number of benzene rings is 1. The highest BCUT2D eigenvalue weighted by Gasteiger charge is 2.19. The average Bonchev–Trinajstić information content (AvgIpc) is 2.66. The van der Waals surface area contributed by atoms with E-state index in [4.69, 9.17) is 17.0 Å². The Balaban J connectivity index is 1.30. The molecular weight excluding hydrogens is 344 g/mol. The minimum Gasteiger partial charge on any atom is -0.379 e. The van der Waals surface area contributed by atoms with Crippen LogP contribution in [0.2, 0.25) is 0 Å². The Bertz CT molecular complexity index is 569. The van der Waals surface area contributed by atoms with E-state index < -0.39 is 0 Å². The SMILES string of the molecule is Cc1cccc(CN2CCN(C(=S)NCCCN3CCOCC3)CC2)c1. The fourth-order valence-electron chi connectivity index (χ4n) is 3.61. The Morgan fingerprint density at radius 3 is 2.58 bits per heavy atom. The van der Waals surface area contributed by atoms with Gasteiger partial charge in [0.25, 0.3) is 0 Å². The molecule has 6 heteroatoms. The van der Waals surface area contributed by atoms with Crippen molar-refractivity contribution in [1.29, 1.82) is 0 Å². The lowest BCUT2D eigenvalue weighted by Gasteiger charge is -2.36.